The maximum absolute atomic E-state index is 11.6. The lowest BCUT2D eigenvalue weighted by Crippen LogP contribution is -2.14. The van der Waals surface area contributed by atoms with Crippen molar-refractivity contribution in [2.75, 3.05) is 4.72 Å². The smallest absolute Gasteiger partial charge is 0.281 e. The fourth-order valence-corrected chi connectivity index (χ4v) is 1.73. The Morgan fingerprint density at radius 1 is 1.53 bits per heavy atom. The van der Waals surface area contributed by atoms with Gasteiger partial charge >= 0.3 is 0 Å². The topological polar surface area (TPSA) is 118 Å². The van der Waals surface area contributed by atoms with Crippen LogP contribution in [0.25, 0.3) is 0 Å². The Morgan fingerprint density at radius 3 is 2.87 bits per heavy atom. The molecule has 0 saturated carbocycles. The van der Waals surface area contributed by atoms with Gasteiger partial charge in [-0.1, -0.05) is 5.10 Å². The molecular weight excluding hydrogens is 222 g/mol. The highest BCUT2D eigenvalue weighted by atomic mass is 32.2. The lowest BCUT2D eigenvalue weighted by atomic mass is 11.0. The number of aromatic amines is 1. The number of rotatable bonds is 3. The Kier molecular flexibility index (Phi) is 2.11. The average Bonchev–Trinajstić information content (AvgIpc) is 2.75. The standard InChI is InChI=1S/C5H7N7O2S/c1-12-9-5(8-11-12)10-15(13,14)4-2-6-3-7-4/h2-3H,1H3,(H,6,7)(H,9,10). The van der Waals surface area contributed by atoms with E-state index in [-0.39, 0.29) is 11.0 Å². The van der Waals surface area contributed by atoms with Crippen LogP contribution in [0.4, 0.5) is 5.95 Å². The molecule has 0 aromatic carbocycles. The minimum atomic E-state index is -3.70. The molecule has 0 aliphatic rings. The maximum atomic E-state index is 11.6. The minimum absolute atomic E-state index is 0.0602. The number of hydrogen-bond acceptors (Lipinski definition) is 6. The molecule has 80 valence electrons. The molecule has 0 radical (unpaired) electrons. The van der Waals surface area contributed by atoms with Crippen LogP contribution < -0.4 is 4.72 Å². The normalized spacial score (nSPS) is 11.5. The molecule has 0 aliphatic carbocycles. The van der Waals surface area contributed by atoms with E-state index in [0.29, 0.717) is 0 Å². The SMILES string of the molecule is Cn1nnc(NS(=O)(=O)c2cnc[nH]2)n1. The monoisotopic (exact) mass is 229 g/mol. The van der Waals surface area contributed by atoms with Crippen molar-refractivity contribution in [1.82, 2.24) is 30.2 Å². The summed E-state index contributed by atoms with van der Waals surface area (Å²) in [5.41, 5.74) is 0. The lowest BCUT2D eigenvalue weighted by Gasteiger charge is -1.99. The summed E-state index contributed by atoms with van der Waals surface area (Å²) in [7, 11) is -2.17. The van der Waals surface area contributed by atoms with Gasteiger partial charge in [0.15, 0.2) is 5.03 Å². The van der Waals surface area contributed by atoms with Gasteiger partial charge in [0.1, 0.15) is 0 Å². The molecule has 0 spiro atoms. The summed E-state index contributed by atoms with van der Waals surface area (Å²) >= 11 is 0. The number of hydrogen-bond donors (Lipinski definition) is 2. The third kappa shape index (κ3) is 1.93. The van der Waals surface area contributed by atoms with Gasteiger partial charge in [-0.25, -0.2) is 9.71 Å². The van der Waals surface area contributed by atoms with Gasteiger partial charge in [0.05, 0.1) is 19.6 Å². The Labute approximate surface area is 84.6 Å². The second-order valence-corrected chi connectivity index (χ2v) is 4.27. The summed E-state index contributed by atoms with van der Waals surface area (Å²) in [6.45, 7) is 0. The molecule has 0 unspecified atom stereocenters. The number of nitrogens with one attached hydrogen (secondary N) is 2. The molecule has 0 saturated heterocycles. The maximum Gasteiger partial charge on any atom is 0.281 e. The highest BCUT2D eigenvalue weighted by Gasteiger charge is 2.17. The highest BCUT2D eigenvalue weighted by molar-refractivity contribution is 7.92. The van der Waals surface area contributed by atoms with Gasteiger partial charge < -0.3 is 4.98 Å². The number of nitrogens with zero attached hydrogens (tertiary/aromatic N) is 5. The Hall–Kier alpha value is -1.97. The van der Waals surface area contributed by atoms with E-state index in [2.05, 4.69) is 30.1 Å². The van der Waals surface area contributed by atoms with Gasteiger partial charge in [0.25, 0.3) is 16.0 Å². The van der Waals surface area contributed by atoms with E-state index in [9.17, 15) is 8.42 Å². The van der Waals surface area contributed by atoms with Crippen LogP contribution in [0.2, 0.25) is 0 Å². The van der Waals surface area contributed by atoms with Gasteiger partial charge in [-0.05, 0) is 5.21 Å². The van der Waals surface area contributed by atoms with E-state index >= 15 is 0 Å². The fourth-order valence-electron chi connectivity index (χ4n) is 0.890. The van der Waals surface area contributed by atoms with Crippen molar-refractivity contribution in [2.24, 2.45) is 7.05 Å². The highest BCUT2D eigenvalue weighted by Crippen LogP contribution is 2.07. The molecule has 2 rings (SSSR count). The van der Waals surface area contributed by atoms with E-state index in [1.807, 2.05) is 0 Å². The van der Waals surface area contributed by atoms with Crippen LogP contribution in [0.5, 0.6) is 0 Å². The summed E-state index contributed by atoms with van der Waals surface area (Å²) in [5, 5.41) is 10.6. The first kappa shape index (κ1) is 9.58. The van der Waals surface area contributed by atoms with Gasteiger partial charge in [-0.3, -0.25) is 0 Å². The van der Waals surface area contributed by atoms with E-state index in [1.54, 1.807) is 0 Å². The van der Waals surface area contributed by atoms with Crippen LogP contribution in [-0.2, 0) is 17.1 Å². The summed E-state index contributed by atoms with van der Waals surface area (Å²) in [6, 6.07) is 0. The third-order valence-electron chi connectivity index (χ3n) is 1.50. The van der Waals surface area contributed by atoms with Crippen LogP contribution in [0.1, 0.15) is 0 Å². The van der Waals surface area contributed by atoms with Crippen molar-refractivity contribution >= 4 is 16.0 Å². The van der Waals surface area contributed by atoms with Gasteiger partial charge in [-0.15, -0.1) is 5.10 Å². The Bertz CT molecular complexity index is 542. The Balaban J connectivity index is 2.26. The average molecular weight is 229 g/mol. The van der Waals surface area contributed by atoms with Crippen molar-refractivity contribution in [1.29, 1.82) is 0 Å². The van der Waals surface area contributed by atoms with Crippen LogP contribution in [-0.4, -0.2) is 38.6 Å². The van der Waals surface area contributed by atoms with Crippen molar-refractivity contribution in [3.8, 4) is 0 Å². The summed E-state index contributed by atoms with van der Waals surface area (Å²) < 4.78 is 25.3. The van der Waals surface area contributed by atoms with Crippen molar-refractivity contribution in [2.45, 2.75) is 5.03 Å². The number of sulfonamides is 1. The van der Waals surface area contributed by atoms with Crippen LogP contribution in [0, 0.1) is 0 Å². The van der Waals surface area contributed by atoms with E-state index in [4.69, 9.17) is 0 Å². The Morgan fingerprint density at radius 2 is 2.33 bits per heavy atom. The molecule has 10 heteroatoms. The number of imidazole rings is 1. The summed E-state index contributed by atoms with van der Waals surface area (Å²) in [5.74, 6) is -0.0906. The number of aromatic nitrogens is 6. The van der Waals surface area contributed by atoms with Crippen LogP contribution in [0.3, 0.4) is 0 Å². The molecule has 9 nitrogen and oxygen atoms in total. The molecule has 0 aliphatic heterocycles. The van der Waals surface area contributed by atoms with Crippen molar-refractivity contribution < 1.29 is 8.42 Å². The first-order valence-corrected chi connectivity index (χ1v) is 5.31. The molecule has 2 N–H and O–H groups in total. The molecule has 2 aromatic rings. The second-order valence-electron chi connectivity index (χ2n) is 2.62. The second kappa shape index (κ2) is 3.31. The molecule has 2 aromatic heterocycles. The largest absolute Gasteiger partial charge is 0.334 e. The first-order valence-electron chi connectivity index (χ1n) is 3.83. The molecule has 0 bridgehead atoms. The number of aryl methyl sites for hydroxylation is 1. The van der Waals surface area contributed by atoms with Crippen molar-refractivity contribution in [3.05, 3.63) is 12.5 Å². The molecular formula is C5H7N7O2S. The third-order valence-corrected chi connectivity index (χ3v) is 2.75. The molecule has 15 heavy (non-hydrogen) atoms. The van der Waals surface area contributed by atoms with Crippen molar-refractivity contribution in [3.63, 3.8) is 0 Å². The predicted octanol–water partition coefficient (Wildman–Crippen LogP) is -1.27. The van der Waals surface area contributed by atoms with E-state index in [1.165, 1.54) is 19.6 Å². The van der Waals surface area contributed by atoms with E-state index < -0.39 is 10.0 Å². The molecule has 2 heterocycles. The fraction of sp³-hybridized carbons (Fsp3) is 0.200. The van der Waals surface area contributed by atoms with Crippen LogP contribution in [0.15, 0.2) is 17.6 Å². The van der Waals surface area contributed by atoms with Gasteiger partial charge in [0, 0.05) is 0 Å². The minimum Gasteiger partial charge on any atom is -0.334 e. The van der Waals surface area contributed by atoms with Crippen LogP contribution >= 0.6 is 0 Å². The zero-order chi connectivity index (χ0) is 10.9. The molecule has 0 fully saturated rings. The number of tetrazole rings is 1. The van der Waals surface area contributed by atoms with E-state index in [0.717, 1.165) is 4.80 Å². The summed E-state index contributed by atoms with van der Waals surface area (Å²) in [6.07, 6.45) is 2.44. The quantitative estimate of drug-likeness (QED) is 0.677. The predicted molar refractivity (Wildman–Crippen MR) is 48.2 cm³/mol. The summed E-state index contributed by atoms with van der Waals surface area (Å²) in [4.78, 5) is 7.20. The zero-order valence-corrected chi connectivity index (χ0v) is 8.43. The number of H-pyrrole nitrogens is 1. The molecule has 0 atom stereocenters. The zero-order valence-electron chi connectivity index (χ0n) is 7.62. The van der Waals surface area contributed by atoms with Gasteiger partial charge in [0.2, 0.25) is 0 Å². The molecule has 0 amide bonds. The lowest BCUT2D eigenvalue weighted by molar-refractivity contribution is 0.597. The number of anilines is 1. The first-order chi connectivity index (χ1) is 7.08. The van der Waals surface area contributed by atoms with Gasteiger partial charge in [-0.2, -0.15) is 13.2 Å².